The van der Waals surface area contributed by atoms with Crippen molar-refractivity contribution in [2.24, 2.45) is 0 Å². The minimum Gasteiger partial charge on any atom is -0.507 e. The van der Waals surface area contributed by atoms with Crippen LogP contribution in [0.3, 0.4) is 0 Å². The third kappa shape index (κ3) is 2.90. The summed E-state index contributed by atoms with van der Waals surface area (Å²) in [6.45, 7) is 6.35. The molecule has 2 aromatic rings. The lowest BCUT2D eigenvalue weighted by Crippen LogP contribution is -1.99. The maximum atomic E-state index is 10.5. The number of aryl methyl sites for hydroxylation is 2. The van der Waals surface area contributed by atoms with Crippen LogP contribution >= 0.6 is 0 Å². The zero-order chi connectivity index (χ0) is 15.4. The molecule has 0 saturated heterocycles. The van der Waals surface area contributed by atoms with Crippen LogP contribution in [0.1, 0.15) is 37.5 Å². The summed E-state index contributed by atoms with van der Waals surface area (Å²) in [5.74, 6) is 1.31. The van der Waals surface area contributed by atoms with Gasteiger partial charge in [-0.2, -0.15) is 0 Å². The van der Waals surface area contributed by atoms with Gasteiger partial charge in [-0.1, -0.05) is 39.0 Å². The Bertz CT molecular complexity index is 612. The molecule has 0 aliphatic carbocycles. The van der Waals surface area contributed by atoms with Crippen LogP contribution in [0.15, 0.2) is 30.3 Å². The number of phenols is 1. The number of rotatable bonds is 5. The predicted molar refractivity (Wildman–Crippen MR) is 88.2 cm³/mol. The minimum atomic E-state index is 0.461. The number of benzene rings is 2. The molecule has 0 fully saturated rings. The van der Waals surface area contributed by atoms with Crippen LogP contribution in [-0.4, -0.2) is 12.2 Å². The van der Waals surface area contributed by atoms with Crippen molar-refractivity contribution < 1.29 is 9.84 Å². The summed E-state index contributed by atoms with van der Waals surface area (Å²) < 4.78 is 5.23. The van der Waals surface area contributed by atoms with Crippen LogP contribution in [0.5, 0.6) is 11.5 Å². The van der Waals surface area contributed by atoms with Crippen molar-refractivity contribution in [3.63, 3.8) is 0 Å². The summed E-state index contributed by atoms with van der Waals surface area (Å²) in [6.07, 6.45) is 2.64. The molecule has 2 nitrogen and oxygen atoms in total. The molecule has 0 aliphatic heterocycles. The zero-order valence-electron chi connectivity index (χ0n) is 13.4. The first-order valence-electron chi connectivity index (χ1n) is 7.67. The molecular weight excluding hydrogens is 260 g/mol. The van der Waals surface area contributed by atoms with E-state index in [4.69, 9.17) is 4.74 Å². The smallest absolute Gasteiger partial charge is 0.122 e. The third-order valence-electron chi connectivity index (χ3n) is 4.06. The molecule has 112 valence electrons. The number of hydrogen-bond acceptors (Lipinski definition) is 2. The van der Waals surface area contributed by atoms with E-state index in [9.17, 15) is 5.11 Å². The average molecular weight is 284 g/mol. The Balaban J connectivity index is 2.67. The summed E-state index contributed by atoms with van der Waals surface area (Å²) >= 11 is 0. The first-order chi connectivity index (χ1) is 10.2. The SMILES string of the molecule is CCc1cc(CC)c(-c2ccc(OC)cc2)c(CC)c1O. The maximum Gasteiger partial charge on any atom is 0.122 e. The fraction of sp³-hybridized carbons (Fsp3) is 0.368. The molecule has 2 heteroatoms. The summed E-state index contributed by atoms with van der Waals surface area (Å²) in [4.78, 5) is 0. The molecule has 0 radical (unpaired) electrons. The Kier molecular flexibility index (Phi) is 4.89. The van der Waals surface area contributed by atoms with Gasteiger partial charge in [0.1, 0.15) is 11.5 Å². The highest BCUT2D eigenvalue weighted by Crippen LogP contribution is 2.37. The van der Waals surface area contributed by atoms with Gasteiger partial charge in [-0.15, -0.1) is 0 Å². The van der Waals surface area contributed by atoms with E-state index in [0.29, 0.717) is 5.75 Å². The zero-order valence-corrected chi connectivity index (χ0v) is 13.4. The van der Waals surface area contributed by atoms with Crippen LogP contribution < -0.4 is 4.74 Å². The van der Waals surface area contributed by atoms with Crippen LogP contribution in [-0.2, 0) is 19.3 Å². The van der Waals surface area contributed by atoms with Crippen molar-refractivity contribution in [3.05, 3.63) is 47.0 Å². The van der Waals surface area contributed by atoms with Crippen molar-refractivity contribution in [1.82, 2.24) is 0 Å². The topological polar surface area (TPSA) is 29.5 Å². The Hall–Kier alpha value is -1.96. The molecule has 2 rings (SSSR count). The van der Waals surface area contributed by atoms with Gasteiger partial charge in [0.05, 0.1) is 7.11 Å². The Morgan fingerprint density at radius 1 is 0.905 bits per heavy atom. The van der Waals surface area contributed by atoms with Crippen LogP contribution in [0.25, 0.3) is 11.1 Å². The molecule has 0 aliphatic rings. The fourth-order valence-corrected chi connectivity index (χ4v) is 2.87. The molecule has 0 amide bonds. The third-order valence-corrected chi connectivity index (χ3v) is 4.06. The maximum absolute atomic E-state index is 10.5. The quantitative estimate of drug-likeness (QED) is 0.858. The fourth-order valence-electron chi connectivity index (χ4n) is 2.87. The molecule has 1 N–H and O–H groups in total. The molecule has 0 heterocycles. The largest absolute Gasteiger partial charge is 0.507 e. The highest BCUT2D eigenvalue weighted by Gasteiger charge is 2.16. The van der Waals surface area contributed by atoms with Crippen LogP contribution in [0, 0.1) is 0 Å². The van der Waals surface area contributed by atoms with Crippen molar-refractivity contribution in [2.75, 3.05) is 7.11 Å². The van der Waals surface area contributed by atoms with E-state index in [1.165, 1.54) is 11.1 Å². The first-order valence-corrected chi connectivity index (χ1v) is 7.67. The lowest BCUT2D eigenvalue weighted by Gasteiger charge is -2.18. The number of phenolic OH excluding ortho intramolecular Hbond substituents is 1. The molecule has 0 spiro atoms. The summed E-state index contributed by atoms with van der Waals surface area (Å²) in [7, 11) is 1.67. The van der Waals surface area contributed by atoms with Gasteiger partial charge in [0, 0.05) is 5.56 Å². The van der Waals surface area contributed by atoms with E-state index in [2.05, 4.69) is 39.0 Å². The molecule has 21 heavy (non-hydrogen) atoms. The summed E-state index contributed by atoms with van der Waals surface area (Å²) in [6, 6.07) is 10.2. The van der Waals surface area contributed by atoms with Gasteiger partial charge in [0.2, 0.25) is 0 Å². The van der Waals surface area contributed by atoms with E-state index in [1.807, 2.05) is 12.1 Å². The molecule has 0 bridgehead atoms. The normalized spacial score (nSPS) is 10.7. The second-order valence-electron chi connectivity index (χ2n) is 5.19. The summed E-state index contributed by atoms with van der Waals surface area (Å²) in [5, 5.41) is 10.5. The van der Waals surface area contributed by atoms with Crippen LogP contribution in [0.2, 0.25) is 0 Å². The average Bonchev–Trinajstić information content (AvgIpc) is 2.54. The van der Waals surface area contributed by atoms with Gasteiger partial charge in [-0.3, -0.25) is 0 Å². The van der Waals surface area contributed by atoms with E-state index in [0.717, 1.165) is 41.7 Å². The molecular formula is C19H24O2. The van der Waals surface area contributed by atoms with Crippen molar-refractivity contribution in [3.8, 4) is 22.6 Å². The molecule has 0 aromatic heterocycles. The van der Waals surface area contributed by atoms with Gasteiger partial charge >= 0.3 is 0 Å². The monoisotopic (exact) mass is 284 g/mol. The number of hydrogen-bond donors (Lipinski definition) is 1. The van der Waals surface area contributed by atoms with E-state index in [1.54, 1.807) is 7.11 Å². The first kappa shape index (κ1) is 15.4. The second-order valence-corrected chi connectivity index (χ2v) is 5.19. The highest BCUT2D eigenvalue weighted by molar-refractivity contribution is 5.75. The Labute approximate surface area is 127 Å². The molecule has 0 saturated carbocycles. The van der Waals surface area contributed by atoms with E-state index in [-0.39, 0.29) is 0 Å². The molecule has 2 aromatic carbocycles. The number of ether oxygens (including phenoxy) is 1. The van der Waals surface area contributed by atoms with Gasteiger partial charge in [-0.25, -0.2) is 0 Å². The lowest BCUT2D eigenvalue weighted by atomic mass is 9.88. The second kappa shape index (κ2) is 6.66. The summed E-state index contributed by atoms with van der Waals surface area (Å²) in [5.41, 5.74) is 5.71. The highest BCUT2D eigenvalue weighted by atomic mass is 16.5. The van der Waals surface area contributed by atoms with Gasteiger partial charge in [-0.05, 0) is 53.6 Å². The van der Waals surface area contributed by atoms with Crippen molar-refractivity contribution in [1.29, 1.82) is 0 Å². The lowest BCUT2D eigenvalue weighted by molar-refractivity contribution is 0.415. The van der Waals surface area contributed by atoms with Crippen LogP contribution in [0.4, 0.5) is 0 Å². The van der Waals surface area contributed by atoms with E-state index >= 15 is 0 Å². The number of methoxy groups -OCH3 is 1. The molecule has 0 atom stereocenters. The number of aromatic hydroxyl groups is 1. The van der Waals surface area contributed by atoms with Crippen molar-refractivity contribution >= 4 is 0 Å². The Morgan fingerprint density at radius 3 is 2.00 bits per heavy atom. The predicted octanol–water partition coefficient (Wildman–Crippen LogP) is 4.76. The van der Waals surface area contributed by atoms with Crippen molar-refractivity contribution in [2.45, 2.75) is 40.0 Å². The Morgan fingerprint density at radius 2 is 1.52 bits per heavy atom. The standard InChI is InChI=1S/C19H24O2/c1-5-13-12-14(6-2)19(20)17(7-3)18(13)15-8-10-16(21-4)11-9-15/h8-12,20H,5-7H2,1-4H3. The van der Waals surface area contributed by atoms with Gasteiger partial charge in [0.15, 0.2) is 0 Å². The van der Waals surface area contributed by atoms with E-state index < -0.39 is 0 Å². The minimum absolute atomic E-state index is 0.461. The van der Waals surface area contributed by atoms with Gasteiger partial charge < -0.3 is 9.84 Å². The molecule has 0 unspecified atom stereocenters. The van der Waals surface area contributed by atoms with Gasteiger partial charge in [0.25, 0.3) is 0 Å².